The minimum Gasteiger partial charge on any atom is -0.494 e. The summed E-state index contributed by atoms with van der Waals surface area (Å²) in [4.78, 5) is 12.4. The standard InChI is InChI=1S/C24H23N3O3S2/c1-3-4-5-14-29-20-12-10-18(11-13-20)22-15-21(27-30-22)17-6-8-19(9-7-17)23(28)32-24-26-25-16(2)31-24/h6-13,15H,3-5,14H2,1-2H3. The topological polar surface area (TPSA) is 78.1 Å². The average Bonchev–Trinajstić information content (AvgIpc) is 3.47. The molecule has 8 heteroatoms. The zero-order valence-corrected chi connectivity index (χ0v) is 19.5. The number of unbranched alkanes of at least 4 members (excludes halogenated alkanes) is 2. The number of hydrogen-bond acceptors (Lipinski definition) is 8. The lowest BCUT2D eigenvalue weighted by molar-refractivity contribution is 0.108. The highest BCUT2D eigenvalue weighted by molar-refractivity contribution is 8.15. The van der Waals surface area contributed by atoms with Crippen LogP contribution in [0.2, 0.25) is 0 Å². The maximum Gasteiger partial charge on any atom is 0.226 e. The molecule has 0 saturated heterocycles. The molecule has 0 unspecified atom stereocenters. The van der Waals surface area contributed by atoms with Gasteiger partial charge in [0.15, 0.2) is 10.1 Å². The first-order valence-corrected chi connectivity index (χ1v) is 12.1. The van der Waals surface area contributed by atoms with E-state index in [1.165, 1.54) is 24.2 Å². The summed E-state index contributed by atoms with van der Waals surface area (Å²) in [6.07, 6.45) is 3.42. The van der Waals surface area contributed by atoms with Crippen molar-refractivity contribution in [2.24, 2.45) is 0 Å². The first-order chi connectivity index (χ1) is 15.6. The van der Waals surface area contributed by atoms with Gasteiger partial charge in [0.05, 0.1) is 6.61 Å². The fraction of sp³-hybridized carbons (Fsp3) is 0.250. The van der Waals surface area contributed by atoms with Crippen LogP contribution in [-0.4, -0.2) is 27.1 Å². The Bertz CT molecular complexity index is 1170. The predicted molar refractivity (Wildman–Crippen MR) is 127 cm³/mol. The molecule has 2 heterocycles. The first-order valence-electron chi connectivity index (χ1n) is 10.4. The van der Waals surface area contributed by atoms with Gasteiger partial charge in [-0.25, -0.2) is 0 Å². The molecule has 0 amide bonds. The summed E-state index contributed by atoms with van der Waals surface area (Å²) in [5.74, 6) is 1.53. The van der Waals surface area contributed by atoms with Gasteiger partial charge in [-0.3, -0.25) is 4.79 Å². The maximum atomic E-state index is 12.4. The zero-order valence-electron chi connectivity index (χ0n) is 17.9. The van der Waals surface area contributed by atoms with E-state index in [0.717, 1.165) is 46.7 Å². The van der Waals surface area contributed by atoms with E-state index in [4.69, 9.17) is 9.26 Å². The Morgan fingerprint density at radius 1 is 1.03 bits per heavy atom. The Balaban J connectivity index is 1.39. The number of aromatic nitrogens is 3. The maximum absolute atomic E-state index is 12.4. The minimum atomic E-state index is -0.0643. The Kier molecular flexibility index (Phi) is 7.34. The normalized spacial score (nSPS) is 10.9. The highest BCUT2D eigenvalue weighted by atomic mass is 32.2. The third-order valence-electron chi connectivity index (χ3n) is 4.77. The van der Waals surface area contributed by atoms with E-state index < -0.39 is 0 Å². The Hall–Kier alpha value is -2.97. The monoisotopic (exact) mass is 465 g/mol. The number of nitrogens with zero attached hydrogens (tertiary/aromatic N) is 3. The van der Waals surface area contributed by atoms with E-state index in [9.17, 15) is 4.79 Å². The van der Waals surface area contributed by atoms with Gasteiger partial charge in [0.25, 0.3) is 0 Å². The third kappa shape index (κ3) is 5.63. The molecule has 0 aliphatic heterocycles. The van der Waals surface area contributed by atoms with Crippen molar-refractivity contribution < 1.29 is 14.1 Å². The van der Waals surface area contributed by atoms with E-state index in [2.05, 4.69) is 22.3 Å². The molecule has 164 valence electrons. The van der Waals surface area contributed by atoms with Gasteiger partial charge >= 0.3 is 0 Å². The van der Waals surface area contributed by atoms with Gasteiger partial charge in [-0.05, 0) is 61.5 Å². The van der Waals surface area contributed by atoms with Crippen LogP contribution >= 0.6 is 23.1 Å². The molecule has 6 nitrogen and oxygen atoms in total. The van der Waals surface area contributed by atoms with E-state index in [1.807, 2.05) is 49.4 Å². The van der Waals surface area contributed by atoms with Crippen molar-refractivity contribution in [3.8, 4) is 28.3 Å². The van der Waals surface area contributed by atoms with Gasteiger partial charge in [0.2, 0.25) is 5.12 Å². The summed E-state index contributed by atoms with van der Waals surface area (Å²) in [5, 5.41) is 12.9. The number of benzene rings is 2. The molecule has 32 heavy (non-hydrogen) atoms. The van der Waals surface area contributed by atoms with Crippen molar-refractivity contribution in [2.45, 2.75) is 37.4 Å². The Morgan fingerprint density at radius 3 is 2.47 bits per heavy atom. The minimum absolute atomic E-state index is 0.0643. The van der Waals surface area contributed by atoms with Crippen molar-refractivity contribution >= 4 is 28.2 Å². The van der Waals surface area contributed by atoms with Crippen molar-refractivity contribution in [1.82, 2.24) is 15.4 Å². The molecular formula is C24H23N3O3S2. The van der Waals surface area contributed by atoms with Crippen LogP contribution in [0.1, 0.15) is 41.6 Å². The van der Waals surface area contributed by atoms with Gasteiger partial charge in [0, 0.05) is 22.8 Å². The summed E-state index contributed by atoms with van der Waals surface area (Å²) < 4.78 is 11.9. The molecule has 4 aromatic rings. The fourth-order valence-electron chi connectivity index (χ4n) is 3.04. The summed E-state index contributed by atoms with van der Waals surface area (Å²) in [6, 6.07) is 17.0. The zero-order chi connectivity index (χ0) is 22.3. The smallest absolute Gasteiger partial charge is 0.226 e. The van der Waals surface area contributed by atoms with E-state index >= 15 is 0 Å². The Labute approximate surface area is 195 Å². The molecule has 0 fully saturated rings. The van der Waals surface area contributed by atoms with Gasteiger partial charge in [-0.2, -0.15) is 0 Å². The van der Waals surface area contributed by atoms with Crippen molar-refractivity contribution in [3.05, 3.63) is 65.2 Å². The van der Waals surface area contributed by atoms with Crippen LogP contribution in [0, 0.1) is 6.92 Å². The second kappa shape index (κ2) is 10.6. The van der Waals surface area contributed by atoms with E-state index in [0.29, 0.717) is 21.4 Å². The molecule has 2 aromatic carbocycles. The number of aryl methyl sites for hydroxylation is 1. The van der Waals surface area contributed by atoms with Gasteiger partial charge < -0.3 is 9.26 Å². The summed E-state index contributed by atoms with van der Waals surface area (Å²) in [5.41, 5.74) is 3.13. The number of carbonyl (C=O) groups is 1. The van der Waals surface area contributed by atoms with Crippen LogP contribution in [0.3, 0.4) is 0 Å². The van der Waals surface area contributed by atoms with Crippen molar-refractivity contribution in [3.63, 3.8) is 0 Å². The Morgan fingerprint density at radius 2 is 1.78 bits per heavy atom. The molecule has 0 radical (unpaired) electrons. The highest BCUT2D eigenvalue weighted by Crippen LogP contribution is 2.29. The number of hydrogen-bond donors (Lipinski definition) is 0. The van der Waals surface area contributed by atoms with E-state index in [-0.39, 0.29) is 5.12 Å². The van der Waals surface area contributed by atoms with Crippen LogP contribution in [-0.2, 0) is 0 Å². The highest BCUT2D eigenvalue weighted by Gasteiger charge is 2.13. The fourth-order valence-corrected chi connectivity index (χ4v) is 4.71. The molecular weight excluding hydrogens is 442 g/mol. The van der Waals surface area contributed by atoms with Gasteiger partial charge in [-0.15, -0.1) is 10.2 Å². The third-order valence-corrected chi connectivity index (χ3v) is 6.58. The number of thioether (sulfide) groups is 1. The lowest BCUT2D eigenvalue weighted by Gasteiger charge is -2.05. The molecule has 0 aliphatic rings. The summed E-state index contributed by atoms with van der Waals surface area (Å²) in [6.45, 7) is 4.77. The van der Waals surface area contributed by atoms with Crippen molar-refractivity contribution in [1.29, 1.82) is 0 Å². The molecule has 0 saturated carbocycles. The van der Waals surface area contributed by atoms with Crippen LogP contribution in [0.25, 0.3) is 22.6 Å². The number of carbonyl (C=O) groups excluding carboxylic acids is 1. The number of ether oxygens (including phenoxy) is 1. The van der Waals surface area contributed by atoms with Crippen LogP contribution < -0.4 is 4.74 Å². The molecule has 0 spiro atoms. The lowest BCUT2D eigenvalue weighted by atomic mass is 10.1. The first kappa shape index (κ1) is 22.2. The molecule has 0 bridgehead atoms. The van der Waals surface area contributed by atoms with Crippen LogP contribution in [0.4, 0.5) is 0 Å². The largest absolute Gasteiger partial charge is 0.494 e. The predicted octanol–water partition coefficient (Wildman–Crippen LogP) is 6.67. The van der Waals surface area contributed by atoms with Gasteiger partial charge in [0.1, 0.15) is 16.5 Å². The molecule has 0 N–H and O–H groups in total. The average molecular weight is 466 g/mol. The molecule has 2 aromatic heterocycles. The number of rotatable bonds is 9. The van der Waals surface area contributed by atoms with Crippen LogP contribution in [0.15, 0.2) is 63.5 Å². The molecule has 0 atom stereocenters. The van der Waals surface area contributed by atoms with Crippen LogP contribution in [0.5, 0.6) is 5.75 Å². The second-order valence-electron chi connectivity index (χ2n) is 7.21. The van der Waals surface area contributed by atoms with Gasteiger partial charge in [-0.1, -0.05) is 48.4 Å². The quantitative estimate of drug-likeness (QED) is 0.202. The lowest BCUT2D eigenvalue weighted by Crippen LogP contribution is -1.96. The second-order valence-corrected chi connectivity index (χ2v) is 9.61. The summed E-state index contributed by atoms with van der Waals surface area (Å²) in [7, 11) is 0. The molecule has 0 aliphatic carbocycles. The van der Waals surface area contributed by atoms with Crippen molar-refractivity contribution in [2.75, 3.05) is 6.61 Å². The summed E-state index contributed by atoms with van der Waals surface area (Å²) >= 11 is 2.50. The van der Waals surface area contributed by atoms with E-state index in [1.54, 1.807) is 12.1 Å². The SMILES string of the molecule is CCCCCOc1ccc(-c2cc(-c3ccc(C(=O)Sc4nnc(C)s4)cc3)no2)cc1. The molecule has 4 rings (SSSR count).